The Balaban J connectivity index is 1.91. The van der Waals surface area contributed by atoms with Gasteiger partial charge in [-0.1, -0.05) is 6.92 Å². The van der Waals surface area contributed by atoms with Crippen molar-refractivity contribution < 1.29 is 4.79 Å². The highest BCUT2D eigenvalue weighted by Gasteiger charge is 2.21. The highest BCUT2D eigenvalue weighted by Crippen LogP contribution is 2.28. The van der Waals surface area contributed by atoms with Crippen molar-refractivity contribution in [2.45, 2.75) is 31.6 Å². The summed E-state index contributed by atoms with van der Waals surface area (Å²) >= 11 is 2.02. The van der Waals surface area contributed by atoms with Crippen molar-refractivity contribution in [2.24, 2.45) is 0 Å². The van der Waals surface area contributed by atoms with Gasteiger partial charge in [-0.2, -0.15) is 11.8 Å². The molecule has 0 aliphatic carbocycles. The maximum Gasteiger partial charge on any atom is 0.221 e. The predicted molar refractivity (Wildman–Crippen MR) is 74.7 cm³/mol. The van der Waals surface area contributed by atoms with Gasteiger partial charge in [-0.3, -0.25) is 4.79 Å². The molecule has 0 radical (unpaired) electrons. The first-order valence-electron chi connectivity index (χ1n) is 5.89. The number of carbonyl (C=O) groups excluding carboxylic acids is 1. The van der Waals surface area contributed by atoms with Gasteiger partial charge in [0.2, 0.25) is 5.91 Å². The number of hydrogen-bond acceptors (Lipinski definition) is 3. The number of carbonyl (C=O) groups is 1. The highest BCUT2D eigenvalue weighted by molar-refractivity contribution is 8.00. The first-order chi connectivity index (χ1) is 8.13. The van der Waals surface area contributed by atoms with Crippen LogP contribution in [0.5, 0.6) is 0 Å². The Morgan fingerprint density at radius 1 is 1.29 bits per heavy atom. The molecule has 2 rings (SSSR count). The molecule has 2 N–H and O–H groups in total. The monoisotopic (exact) mass is 250 g/mol. The van der Waals surface area contributed by atoms with Crippen LogP contribution in [0.3, 0.4) is 0 Å². The van der Waals surface area contributed by atoms with Gasteiger partial charge in [0.05, 0.1) is 0 Å². The summed E-state index contributed by atoms with van der Waals surface area (Å²) in [6.45, 7) is 3.79. The van der Waals surface area contributed by atoms with Gasteiger partial charge in [0.15, 0.2) is 0 Å². The molecule has 0 spiro atoms. The first kappa shape index (κ1) is 12.3. The lowest BCUT2D eigenvalue weighted by Crippen LogP contribution is -2.18. The largest absolute Gasteiger partial charge is 0.381 e. The molecule has 17 heavy (non-hydrogen) atoms. The van der Waals surface area contributed by atoms with E-state index in [1.165, 1.54) is 19.1 Å². The predicted octanol–water partition coefficient (Wildman–Crippen LogP) is 2.95. The number of hydrogen-bond donors (Lipinski definition) is 2. The summed E-state index contributed by atoms with van der Waals surface area (Å²) in [6.07, 6.45) is 1.22. The third-order valence-corrected chi connectivity index (χ3v) is 4.13. The van der Waals surface area contributed by atoms with Gasteiger partial charge in [-0.05, 0) is 30.7 Å². The van der Waals surface area contributed by atoms with E-state index in [0.29, 0.717) is 6.04 Å². The van der Waals surface area contributed by atoms with Gasteiger partial charge in [0.25, 0.3) is 0 Å². The summed E-state index contributed by atoms with van der Waals surface area (Å²) in [5, 5.41) is 7.04. The summed E-state index contributed by atoms with van der Waals surface area (Å²) in [5.41, 5.74) is 1.97. The third kappa shape index (κ3) is 3.66. The molecule has 2 atom stereocenters. The number of benzene rings is 1. The zero-order chi connectivity index (χ0) is 12.3. The molecule has 1 fully saturated rings. The van der Waals surface area contributed by atoms with Crippen molar-refractivity contribution in [3.05, 3.63) is 24.3 Å². The zero-order valence-electron chi connectivity index (χ0n) is 10.2. The fourth-order valence-corrected chi connectivity index (χ4v) is 3.16. The topological polar surface area (TPSA) is 41.1 Å². The molecule has 1 amide bonds. The molecular weight excluding hydrogens is 232 g/mol. The highest BCUT2D eigenvalue weighted by atomic mass is 32.2. The van der Waals surface area contributed by atoms with Crippen molar-refractivity contribution in [1.29, 1.82) is 0 Å². The van der Waals surface area contributed by atoms with Gasteiger partial charge in [0.1, 0.15) is 0 Å². The number of amides is 1. The van der Waals surface area contributed by atoms with E-state index in [1.54, 1.807) is 0 Å². The lowest BCUT2D eigenvalue weighted by atomic mass is 10.2. The summed E-state index contributed by atoms with van der Waals surface area (Å²) in [7, 11) is 0. The molecule has 3 nitrogen and oxygen atoms in total. The van der Waals surface area contributed by atoms with Crippen molar-refractivity contribution in [3.8, 4) is 0 Å². The van der Waals surface area contributed by atoms with Gasteiger partial charge in [-0.25, -0.2) is 0 Å². The Kier molecular flexibility index (Phi) is 3.94. The van der Waals surface area contributed by atoms with E-state index >= 15 is 0 Å². The summed E-state index contributed by atoms with van der Waals surface area (Å²) in [5.74, 6) is 1.14. The van der Waals surface area contributed by atoms with Crippen molar-refractivity contribution >= 4 is 29.0 Å². The molecule has 1 aliphatic rings. The fraction of sp³-hybridized carbons (Fsp3) is 0.462. The van der Waals surface area contributed by atoms with Crippen LogP contribution >= 0.6 is 11.8 Å². The quantitative estimate of drug-likeness (QED) is 0.866. The minimum Gasteiger partial charge on any atom is -0.381 e. The Bertz CT molecular complexity index is 391. The van der Waals surface area contributed by atoms with Crippen LogP contribution in [0.15, 0.2) is 24.3 Å². The van der Waals surface area contributed by atoms with E-state index in [1.807, 2.05) is 36.0 Å². The van der Waals surface area contributed by atoms with Gasteiger partial charge in [0, 0.05) is 35.3 Å². The Morgan fingerprint density at radius 2 is 1.94 bits per heavy atom. The van der Waals surface area contributed by atoms with Crippen molar-refractivity contribution in [1.82, 2.24) is 0 Å². The van der Waals surface area contributed by atoms with Crippen LogP contribution in [0.2, 0.25) is 0 Å². The molecule has 1 heterocycles. The Labute approximate surface area is 106 Å². The molecule has 0 saturated carbocycles. The van der Waals surface area contributed by atoms with Crippen molar-refractivity contribution in [2.75, 3.05) is 16.4 Å². The number of thioether (sulfide) groups is 1. The Hall–Kier alpha value is -1.16. The van der Waals surface area contributed by atoms with E-state index in [9.17, 15) is 4.79 Å². The fourth-order valence-electron chi connectivity index (χ4n) is 2.01. The van der Waals surface area contributed by atoms with Crippen LogP contribution in [0, 0.1) is 0 Å². The zero-order valence-corrected chi connectivity index (χ0v) is 11.0. The minimum atomic E-state index is -0.0354. The lowest BCUT2D eigenvalue weighted by molar-refractivity contribution is -0.114. The van der Waals surface area contributed by atoms with E-state index in [2.05, 4.69) is 17.6 Å². The first-order valence-corrected chi connectivity index (χ1v) is 6.94. The second kappa shape index (κ2) is 5.45. The second-order valence-electron chi connectivity index (χ2n) is 4.48. The van der Waals surface area contributed by atoms with E-state index in [4.69, 9.17) is 0 Å². The number of rotatable bonds is 3. The summed E-state index contributed by atoms with van der Waals surface area (Å²) < 4.78 is 0. The van der Waals surface area contributed by atoms with Crippen LogP contribution in [-0.2, 0) is 4.79 Å². The van der Waals surface area contributed by atoms with Crippen molar-refractivity contribution in [3.63, 3.8) is 0 Å². The number of anilines is 2. The van der Waals surface area contributed by atoms with Crippen LogP contribution < -0.4 is 10.6 Å². The molecule has 0 bridgehead atoms. The molecule has 1 aromatic rings. The van der Waals surface area contributed by atoms with Gasteiger partial charge in [-0.15, -0.1) is 0 Å². The molecule has 92 valence electrons. The summed E-state index contributed by atoms with van der Waals surface area (Å²) in [6, 6.07) is 8.45. The smallest absolute Gasteiger partial charge is 0.221 e. The van der Waals surface area contributed by atoms with Gasteiger partial charge < -0.3 is 10.6 Å². The minimum absolute atomic E-state index is 0.0354. The van der Waals surface area contributed by atoms with Crippen LogP contribution in [0.1, 0.15) is 20.3 Å². The molecule has 1 aromatic carbocycles. The normalized spacial score (nSPS) is 23.4. The third-order valence-electron chi connectivity index (χ3n) is 2.77. The van der Waals surface area contributed by atoms with Crippen LogP contribution in [0.4, 0.5) is 11.4 Å². The second-order valence-corrected chi connectivity index (χ2v) is 5.95. The maximum absolute atomic E-state index is 10.9. The SMILES string of the molecule is CC(=O)Nc1ccc(NC2CSC(C)C2)cc1. The molecule has 2 unspecified atom stereocenters. The number of nitrogens with one attached hydrogen (secondary N) is 2. The van der Waals surface area contributed by atoms with Gasteiger partial charge >= 0.3 is 0 Å². The van der Waals surface area contributed by atoms with E-state index < -0.39 is 0 Å². The molecule has 0 aromatic heterocycles. The lowest BCUT2D eigenvalue weighted by Gasteiger charge is -2.13. The molecule has 1 saturated heterocycles. The van der Waals surface area contributed by atoms with E-state index in [-0.39, 0.29) is 5.91 Å². The molecule has 4 heteroatoms. The van der Waals surface area contributed by atoms with Crippen LogP contribution in [-0.4, -0.2) is 23.0 Å². The van der Waals surface area contributed by atoms with E-state index in [0.717, 1.165) is 16.6 Å². The Morgan fingerprint density at radius 3 is 2.47 bits per heavy atom. The summed E-state index contributed by atoms with van der Waals surface area (Å²) in [4.78, 5) is 10.9. The molecule has 1 aliphatic heterocycles. The van der Waals surface area contributed by atoms with Crippen LogP contribution in [0.25, 0.3) is 0 Å². The molecular formula is C13H18N2OS. The average Bonchev–Trinajstić information content (AvgIpc) is 2.66. The average molecular weight is 250 g/mol. The standard InChI is InChI=1S/C13H18N2OS/c1-9-7-13(8-17-9)15-12-5-3-11(4-6-12)14-10(2)16/h3-6,9,13,15H,7-8H2,1-2H3,(H,14,16). The maximum atomic E-state index is 10.9.